The van der Waals surface area contributed by atoms with E-state index >= 15 is 0 Å². The van der Waals surface area contributed by atoms with Crippen LogP contribution < -0.4 is 5.32 Å². The van der Waals surface area contributed by atoms with E-state index in [4.69, 9.17) is 0 Å². The summed E-state index contributed by atoms with van der Waals surface area (Å²) < 4.78 is 1.08. The van der Waals surface area contributed by atoms with Crippen LogP contribution in [0.3, 0.4) is 0 Å². The monoisotopic (exact) mass is 324 g/mol. The van der Waals surface area contributed by atoms with Gasteiger partial charge in [-0.15, -0.1) is 0 Å². The highest BCUT2D eigenvalue weighted by atomic mass is 79.9. The maximum Gasteiger partial charge on any atom is 0.0662 e. The van der Waals surface area contributed by atoms with Gasteiger partial charge in [0.1, 0.15) is 0 Å². The van der Waals surface area contributed by atoms with Crippen LogP contribution >= 0.6 is 15.9 Å². The number of halogens is 1. The fourth-order valence-electron chi connectivity index (χ4n) is 3.68. The van der Waals surface area contributed by atoms with Crippen LogP contribution in [0.2, 0.25) is 0 Å². The Kier molecular flexibility index (Phi) is 3.58. The molecule has 2 aliphatic rings. The van der Waals surface area contributed by atoms with Crippen molar-refractivity contribution < 1.29 is 5.11 Å². The summed E-state index contributed by atoms with van der Waals surface area (Å²) in [4.78, 5) is 2.50. The normalized spacial score (nSPS) is 34.5. The minimum absolute atomic E-state index is 0.147. The van der Waals surface area contributed by atoms with Crippen molar-refractivity contribution in [3.05, 3.63) is 28.7 Å². The third-order valence-corrected chi connectivity index (χ3v) is 5.32. The van der Waals surface area contributed by atoms with E-state index in [1.54, 1.807) is 0 Å². The predicted octanol–water partition coefficient (Wildman–Crippen LogP) is 2.85. The second kappa shape index (κ2) is 5.08. The molecule has 3 nitrogen and oxygen atoms in total. The second-order valence-corrected chi connectivity index (χ2v) is 6.94. The first kappa shape index (κ1) is 13.4. The van der Waals surface area contributed by atoms with Crippen molar-refractivity contribution in [2.75, 3.05) is 19.0 Å². The van der Waals surface area contributed by atoms with Gasteiger partial charge >= 0.3 is 0 Å². The lowest BCUT2D eigenvalue weighted by molar-refractivity contribution is 0.0833. The molecule has 104 valence electrons. The molecule has 2 bridgehead atoms. The van der Waals surface area contributed by atoms with Crippen LogP contribution in [0.15, 0.2) is 28.7 Å². The molecule has 1 aromatic rings. The molecule has 2 saturated heterocycles. The molecule has 0 spiro atoms. The Hall–Kier alpha value is -0.580. The van der Waals surface area contributed by atoms with Gasteiger partial charge in [-0.2, -0.15) is 0 Å². The quantitative estimate of drug-likeness (QED) is 0.897. The standard InChI is InChI=1S/C15H21BrN2O/c1-18-13-6-7-14(18)9-15(8-13,10-19)17-12-4-2-11(16)3-5-12/h2-5,13-14,17,19H,6-10H2,1H3. The van der Waals surface area contributed by atoms with Crippen LogP contribution in [0.5, 0.6) is 0 Å². The summed E-state index contributed by atoms with van der Waals surface area (Å²) in [5, 5.41) is 13.5. The van der Waals surface area contributed by atoms with Gasteiger partial charge in [0.05, 0.1) is 12.1 Å². The average molecular weight is 325 g/mol. The maximum atomic E-state index is 9.92. The van der Waals surface area contributed by atoms with Gasteiger partial charge in [-0.25, -0.2) is 0 Å². The van der Waals surface area contributed by atoms with Crippen molar-refractivity contribution in [3.63, 3.8) is 0 Å². The van der Waals surface area contributed by atoms with Crippen LogP contribution in [-0.4, -0.2) is 41.3 Å². The maximum absolute atomic E-state index is 9.92. The number of anilines is 1. The third-order valence-electron chi connectivity index (χ3n) is 4.79. The van der Waals surface area contributed by atoms with Gasteiger partial charge < -0.3 is 15.3 Å². The van der Waals surface area contributed by atoms with Crippen molar-refractivity contribution in [2.45, 2.75) is 43.3 Å². The summed E-state index contributed by atoms with van der Waals surface area (Å²) in [6.07, 6.45) is 4.61. The zero-order chi connectivity index (χ0) is 13.5. The Balaban J connectivity index is 1.79. The zero-order valence-electron chi connectivity index (χ0n) is 11.3. The molecule has 2 atom stereocenters. The first-order chi connectivity index (χ1) is 9.12. The lowest BCUT2D eigenvalue weighted by atomic mass is 9.83. The number of nitrogens with one attached hydrogen (secondary N) is 1. The molecule has 2 aliphatic heterocycles. The molecule has 4 heteroatoms. The third kappa shape index (κ3) is 2.54. The van der Waals surface area contributed by atoms with Gasteiger partial charge in [-0.3, -0.25) is 0 Å². The van der Waals surface area contributed by atoms with Crippen LogP contribution in [0.1, 0.15) is 25.7 Å². The van der Waals surface area contributed by atoms with Crippen molar-refractivity contribution in [2.24, 2.45) is 0 Å². The van der Waals surface area contributed by atoms with E-state index in [0.29, 0.717) is 12.1 Å². The topological polar surface area (TPSA) is 35.5 Å². The predicted molar refractivity (Wildman–Crippen MR) is 81.4 cm³/mol. The zero-order valence-corrected chi connectivity index (χ0v) is 12.9. The minimum atomic E-state index is -0.147. The van der Waals surface area contributed by atoms with Gasteiger partial charge in [0.15, 0.2) is 0 Å². The second-order valence-electron chi connectivity index (χ2n) is 6.03. The Morgan fingerprint density at radius 1 is 1.26 bits per heavy atom. The number of aliphatic hydroxyl groups is 1. The highest BCUT2D eigenvalue weighted by Gasteiger charge is 2.46. The van der Waals surface area contributed by atoms with Gasteiger partial charge in [-0.1, -0.05) is 15.9 Å². The van der Waals surface area contributed by atoms with Crippen LogP contribution in [0, 0.1) is 0 Å². The lowest BCUT2D eigenvalue weighted by Crippen LogP contribution is -2.55. The largest absolute Gasteiger partial charge is 0.394 e. The average Bonchev–Trinajstić information content (AvgIpc) is 2.65. The van der Waals surface area contributed by atoms with E-state index in [0.717, 1.165) is 23.0 Å². The molecule has 1 aromatic carbocycles. The summed E-state index contributed by atoms with van der Waals surface area (Å²) in [6.45, 7) is 0.212. The van der Waals surface area contributed by atoms with Crippen molar-refractivity contribution >= 4 is 21.6 Å². The highest BCUT2D eigenvalue weighted by molar-refractivity contribution is 9.10. The van der Waals surface area contributed by atoms with Gasteiger partial charge in [0.2, 0.25) is 0 Å². The number of benzene rings is 1. The van der Waals surface area contributed by atoms with Crippen molar-refractivity contribution in [1.29, 1.82) is 0 Å². The van der Waals surface area contributed by atoms with E-state index < -0.39 is 0 Å². The van der Waals surface area contributed by atoms with Crippen LogP contribution in [-0.2, 0) is 0 Å². The van der Waals surface area contributed by atoms with Gasteiger partial charge in [-0.05, 0) is 57.0 Å². The Morgan fingerprint density at radius 3 is 2.37 bits per heavy atom. The molecule has 2 fully saturated rings. The smallest absolute Gasteiger partial charge is 0.0662 e. The summed E-state index contributed by atoms with van der Waals surface area (Å²) in [6, 6.07) is 9.46. The summed E-state index contributed by atoms with van der Waals surface area (Å²) >= 11 is 3.45. The van der Waals surface area contributed by atoms with Crippen LogP contribution in [0.25, 0.3) is 0 Å². The SMILES string of the molecule is CN1C2CCC1CC(CO)(Nc1ccc(Br)cc1)C2. The number of aliphatic hydroxyl groups excluding tert-OH is 1. The molecule has 3 rings (SSSR count). The molecule has 0 radical (unpaired) electrons. The fourth-order valence-corrected chi connectivity index (χ4v) is 3.94. The molecule has 0 aliphatic carbocycles. The molecule has 0 amide bonds. The van der Waals surface area contributed by atoms with Gasteiger partial charge in [0.25, 0.3) is 0 Å². The van der Waals surface area contributed by atoms with E-state index in [1.807, 2.05) is 12.1 Å². The van der Waals surface area contributed by atoms with E-state index in [2.05, 4.69) is 45.3 Å². The Labute approximate surface area is 123 Å². The van der Waals surface area contributed by atoms with E-state index in [1.165, 1.54) is 12.8 Å². The highest BCUT2D eigenvalue weighted by Crippen LogP contribution is 2.41. The summed E-state index contributed by atoms with van der Waals surface area (Å²) in [5.74, 6) is 0. The number of piperidine rings is 1. The molecule has 2 N–H and O–H groups in total. The lowest BCUT2D eigenvalue weighted by Gasteiger charge is -2.45. The molecule has 19 heavy (non-hydrogen) atoms. The molecule has 2 unspecified atom stereocenters. The molecule has 0 saturated carbocycles. The number of nitrogens with zero attached hydrogens (tertiary/aromatic N) is 1. The number of fused-ring (bicyclic) bond motifs is 2. The van der Waals surface area contributed by atoms with Gasteiger partial charge in [0, 0.05) is 22.2 Å². The van der Waals surface area contributed by atoms with E-state index in [-0.39, 0.29) is 12.1 Å². The summed E-state index contributed by atoms with van der Waals surface area (Å²) in [7, 11) is 2.23. The van der Waals surface area contributed by atoms with E-state index in [9.17, 15) is 5.11 Å². The molecular weight excluding hydrogens is 304 g/mol. The van der Waals surface area contributed by atoms with Crippen molar-refractivity contribution in [1.82, 2.24) is 4.90 Å². The van der Waals surface area contributed by atoms with Crippen molar-refractivity contribution in [3.8, 4) is 0 Å². The first-order valence-electron chi connectivity index (χ1n) is 6.98. The molecular formula is C15H21BrN2O. The first-order valence-corrected chi connectivity index (χ1v) is 7.78. The number of hydrogen-bond donors (Lipinski definition) is 2. The van der Waals surface area contributed by atoms with Crippen LogP contribution in [0.4, 0.5) is 5.69 Å². The minimum Gasteiger partial charge on any atom is -0.394 e. The molecule has 2 heterocycles. The Morgan fingerprint density at radius 2 is 1.84 bits per heavy atom. The number of rotatable bonds is 3. The summed E-state index contributed by atoms with van der Waals surface area (Å²) in [5.41, 5.74) is 0.952. The molecule has 0 aromatic heterocycles. The fraction of sp³-hybridized carbons (Fsp3) is 0.600. The number of hydrogen-bond acceptors (Lipinski definition) is 3. The Bertz CT molecular complexity index is 434.